The first-order valence-corrected chi connectivity index (χ1v) is 7.47. The Morgan fingerprint density at radius 1 is 1.47 bits per heavy atom. The van der Waals surface area contributed by atoms with Gasteiger partial charge in [-0.1, -0.05) is 0 Å². The Morgan fingerprint density at radius 3 is 3.00 bits per heavy atom. The molecule has 2 rings (SSSR count). The van der Waals surface area contributed by atoms with Gasteiger partial charge in [0.2, 0.25) is 0 Å². The van der Waals surface area contributed by atoms with Crippen molar-refractivity contribution in [1.82, 2.24) is 4.98 Å². The molecule has 0 spiro atoms. The summed E-state index contributed by atoms with van der Waals surface area (Å²) >= 11 is 3.19. The van der Waals surface area contributed by atoms with E-state index in [-0.39, 0.29) is 17.4 Å². The Balaban J connectivity index is 2.14. The molecule has 19 heavy (non-hydrogen) atoms. The maximum absolute atomic E-state index is 13.7. The molecule has 2 aromatic rings. The van der Waals surface area contributed by atoms with Crippen LogP contribution in [0.5, 0.6) is 5.75 Å². The predicted octanol–water partition coefficient (Wildman–Crippen LogP) is 3.13. The van der Waals surface area contributed by atoms with Gasteiger partial charge in [0.05, 0.1) is 11.3 Å². The van der Waals surface area contributed by atoms with E-state index in [1.807, 2.05) is 6.07 Å². The van der Waals surface area contributed by atoms with Gasteiger partial charge in [0.15, 0.2) is 11.6 Å². The van der Waals surface area contributed by atoms with Gasteiger partial charge >= 0.3 is 5.97 Å². The normalized spacial score (nSPS) is 10.6. The third kappa shape index (κ3) is 3.93. The van der Waals surface area contributed by atoms with E-state index in [0.717, 1.165) is 20.7 Å². The molecule has 100 valence electrons. The highest BCUT2D eigenvalue weighted by Crippen LogP contribution is 2.25. The summed E-state index contributed by atoms with van der Waals surface area (Å²) in [6, 6.07) is 4.75. The number of aliphatic carboxylic acids is 1. The fourth-order valence-corrected chi connectivity index (χ4v) is 2.39. The van der Waals surface area contributed by atoms with Crippen LogP contribution in [0.4, 0.5) is 4.39 Å². The molecule has 0 saturated carbocycles. The maximum atomic E-state index is 13.7. The number of halogens is 2. The summed E-state index contributed by atoms with van der Waals surface area (Å²) in [4.78, 5) is 14.4. The Morgan fingerprint density at radius 2 is 2.26 bits per heavy atom. The minimum Gasteiger partial charge on any atom is -0.481 e. The Labute approximate surface area is 126 Å². The van der Waals surface area contributed by atoms with E-state index >= 15 is 0 Å². The molecular weight excluding hydrogens is 384 g/mol. The molecule has 0 fully saturated rings. The standard InChI is InChI=1S/C12H9FINO3S/c13-9-3-10-7(1-8(14)4-15-10)2-11(9)18-6-19-5-12(16)17/h1-4H,5-6H2,(H,16,17). The quantitative estimate of drug-likeness (QED) is 0.481. The van der Waals surface area contributed by atoms with Crippen LogP contribution in [0, 0.1) is 9.39 Å². The van der Waals surface area contributed by atoms with E-state index in [4.69, 9.17) is 9.84 Å². The van der Waals surface area contributed by atoms with Crippen molar-refractivity contribution in [3.8, 4) is 5.75 Å². The van der Waals surface area contributed by atoms with E-state index in [1.165, 1.54) is 6.07 Å². The van der Waals surface area contributed by atoms with Crippen molar-refractivity contribution in [2.24, 2.45) is 0 Å². The number of hydrogen-bond donors (Lipinski definition) is 1. The van der Waals surface area contributed by atoms with Gasteiger partial charge in [-0.15, -0.1) is 11.8 Å². The SMILES string of the molecule is O=C(O)CSCOc1cc2cc(I)cnc2cc1F. The number of thioether (sulfide) groups is 1. The number of fused-ring (bicyclic) bond motifs is 1. The van der Waals surface area contributed by atoms with Crippen LogP contribution >= 0.6 is 34.4 Å². The average Bonchev–Trinajstić information content (AvgIpc) is 2.35. The number of benzene rings is 1. The number of carbonyl (C=O) groups is 1. The van der Waals surface area contributed by atoms with Crippen LogP contribution in [0.2, 0.25) is 0 Å². The monoisotopic (exact) mass is 393 g/mol. The first kappa shape index (κ1) is 14.3. The van der Waals surface area contributed by atoms with Crippen molar-refractivity contribution in [3.05, 3.63) is 33.8 Å². The van der Waals surface area contributed by atoms with Crippen LogP contribution in [0.1, 0.15) is 0 Å². The summed E-state index contributed by atoms with van der Waals surface area (Å²) in [6.07, 6.45) is 1.66. The molecule has 1 N–H and O–H groups in total. The smallest absolute Gasteiger partial charge is 0.313 e. The Hall–Kier alpha value is -1.09. The zero-order valence-corrected chi connectivity index (χ0v) is 12.6. The summed E-state index contributed by atoms with van der Waals surface area (Å²) in [6.45, 7) is 0. The molecule has 4 nitrogen and oxygen atoms in total. The zero-order chi connectivity index (χ0) is 13.8. The van der Waals surface area contributed by atoms with Crippen LogP contribution in [0.3, 0.4) is 0 Å². The van der Waals surface area contributed by atoms with Crippen molar-refractivity contribution in [2.75, 3.05) is 11.7 Å². The molecular formula is C12H9FINO3S. The molecule has 0 amide bonds. The molecule has 0 bridgehead atoms. The Bertz CT molecular complexity index is 623. The number of ether oxygens (including phenoxy) is 1. The first-order valence-electron chi connectivity index (χ1n) is 5.23. The number of carboxylic acid groups (broad SMARTS) is 1. The number of aromatic nitrogens is 1. The summed E-state index contributed by atoms with van der Waals surface area (Å²) in [5, 5.41) is 9.26. The highest BCUT2D eigenvalue weighted by Gasteiger charge is 2.08. The van der Waals surface area contributed by atoms with Crippen LogP contribution in [0.25, 0.3) is 10.9 Å². The van der Waals surface area contributed by atoms with Crippen LogP contribution in [-0.2, 0) is 4.79 Å². The van der Waals surface area contributed by atoms with Crippen molar-refractivity contribution in [3.63, 3.8) is 0 Å². The van der Waals surface area contributed by atoms with Gasteiger partial charge in [-0.3, -0.25) is 9.78 Å². The van der Waals surface area contributed by atoms with E-state index in [0.29, 0.717) is 5.52 Å². The molecule has 0 atom stereocenters. The second-order valence-corrected chi connectivity index (χ2v) is 5.81. The lowest BCUT2D eigenvalue weighted by atomic mass is 10.2. The van der Waals surface area contributed by atoms with Crippen LogP contribution in [-0.4, -0.2) is 27.8 Å². The van der Waals surface area contributed by atoms with Crippen molar-refractivity contribution < 1.29 is 19.0 Å². The maximum Gasteiger partial charge on any atom is 0.313 e. The molecule has 0 aliphatic carbocycles. The minimum absolute atomic E-state index is 0.0747. The predicted molar refractivity (Wildman–Crippen MR) is 80.0 cm³/mol. The summed E-state index contributed by atoms with van der Waals surface area (Å²) < 4.78 is 19.9. The third-order valence-corrected chi connectivity index (χ3v) is 3.55. The molecule has 0 aliphatic rings. The second-order valence-electron chi connectivity index (χ2n) is 3.63. The summed E-state index contributed by atoms with van der Waals surface area (Å²) in [5.74, 6) is -1.31. The summed E-state index contributed by atoms with van der Waals surface area (Å²) in [5.41, 5.74) is 0.559. The fourth-order valence-electron chi connectivity index (χ4n) is 1.45. The van der Waals surface area contributed by atoms with Crippen molar-refractivity contribution in [1.29, 1.82) is 0 Å². The van der Waals surface area contributed by atoms with E-state index in [1.54, 1.807) is 12.3 Å². The van der Waals surface area contributed by atoms with Gasteiger partial charge < -0.3 is 9.84 Å². The lowest BCUT2D eigenvalue weighted by Gasteiger charge is -2.07. The molecule has 0 saturated heterocycles. The van der Waals surface area contributed by atoms with Gasteiger partial charge in [-0.05, 0) is 34.7 Å². The lowest BCUT2D eigenvalue weighted by molar-refractivity contribution is -0.133. The fraction of sp³-hybridized carbons (Fsp3) is 0.167. The highest BCUT2D eigenvalue weighted by molar-refractivity contribution is 14.1. The van der Waals surface area contributed by atoms with Crippen LogP contribution in [0.15, 0.2) is 24.4 Å². The molecule has 1 heterocycles. The van der Waals surface area contributed by atoms with E-state index in [9.17, 15) is 9.18 Å². The van der Waals surface area contributed by atoms with Crippen LogP contribution < -0.4 is 4.74 Å². The molecule has 0 unspecified atom stereocenters. The molecule has 1 aromatic carbocycles. The van der Waals surface area contributed by atoms with Gasteiger partial charge in [0.25, 0.3) is 0 Å². The van der Waals surface area contributed by atoms with Gasteiger partial charge in [-0.2, -0.15) is 0 Å². The summed E-state index contributed by atoms with van der Waals surface area (Å²) in [7, 11) is 0. The van der Waals surface area contributed by atoms with E-state index < -0.39 is 11.8 Å². The lowest BCUT2D eigenvalue weighted by Crippen LogP contribution is -2.02. The van der Waals surface area contributed by atoms with Gasteiger partial charge in [0.1, 0.15) is 5.94 Å². The average molecular weight is 393 g/mol. The number of hydrogen-bond acceptors (Lipinski definition) is 4. The molecule has 0 aliphatic heterocycles. The number of rotatable bonds is 5. The number of carboxylic acids is 1. The molecule has 7 heteroatoms. The molecule has 0 radical (unpaired) electrons. The highest BCUT2D eigenvalue weighted by atomic mass is 127. The largest absolute Gasteiger partial charge is 0.481 e. The number of nitrogens with zero attached hydrogens (tertiary/aromatic N) is 1. The second kappa shape index (κ2) is 6.38. The van der Waals surface area contributed by atoms with Gasteiger partial charge in [-0.25, -0.2) is 4.39 Å². The van der Waals surface area contributed by atoms with Gasteiger partial charge in [0, 0.05) is 21.2 Å². The molecule has 1 aromatic heterocycles. The van der Waals surface area contributed by atoms with E-state index in [2.05, 4.69) is 27.6 Å². The Kier molecular flexibility index (Phi) is 4.81. The number of pyridine rings is 1. The van der Waals surface area contributed by atoms with Crippen molar-refractivity contribution >= 4 is 51.2 Å². The minimum atomic E-state index is -0.925. The van der Waals surface area contributed by atoms with Crippen molar-refractivity contribution in [2.45, 2.75) is 0 Å². The topological polar surface area (TPSA) is 59.4 Å². The first-order chi connectivity index (χ1) is 9.06. The third-order valence-electron chi connectivity index (χ3n) is 2.22. The zero-order valence-electron chi connectivity index (χ0n) is 9.60.